The Morgan fingerprint density at radius 2 is 2.09 bits per heavy atom. The van der Waals surface area contributed by atoms with Gasteiger partial charge in [-0.05, 0) is 18.2 Å². The molecule has 1 aliphatic heterocycles. The third kappa shape index (κ3) is 4.39. The molecule has 0 aliphatic carbocycles. The van der Waals surface area contributed by atoms with Gasteiger partial charge >= 0.3 is 0 Å². The molecule has 168 valence electrons. The Morgan fingerprint density at radius 3 is 2.84 bits per heavy atom. The largest absolute Gasteiger partial charge is 0.493 e. The molecule has 2 heterocycles. The Kier molecular flexibility index (Phi) is 6.29. The molecule has 2 aromatic carbocycles. The number of aromatic nitrogens is 2. The standard InChI is InChI=1S/C22H23ClFN5O3/c1-29(2)22(30)17-7-12(10-25-17)32-19-8-13-16(9-18(19)31-3)26-11-27-21(13)28-15-6-4-5-14(23)20(15)24/h4-6,8-9,11-12,17,25H,7,10H2,1-3H3,(H,26,27,28)/t12?,17-/m0/s1. The summed E-state index contributed by atoms with van der Waals surface area (Å²) >= 11 is 5.89. The highest BCUT2D eigenvalue weighted by atomic mass is 35.5. The van der Waals surface area contributed by atoms with Crippen LogP contribution in [-0.2, 0) is 4.79 Å². The van der Waals surface area contributed by atoms with Crippen molar-refractivity contribution < 1.29 is 18.7 Å². The number of fused-ring (bicyclic) bond motifs is 1. The fourth-order valence-corrected chi connectivity index (χ4v) is 3.79. The molecule has 2 N–H and O–H groups in total. The molecule has 3 aromatic rings. The summed E-state index contributed by atoms with van der Waals surface area (Å²) in [6.45, 7) is 0.523. The van der Waals surface area contributed by atoms with Crippen LogP contribution in [0, 0.1) is 5.82 Å². The number of nitrogens with one attached hydrogen (secondary N) is 2. The van der Waals surface area contributed by atoms with Gasteiger partial charge in [0.25, 0.3) is 0 Å². The fourth-order valence-electron chi connectivity index (χ4n) is 3.62. The lowest BCUT2D eigenvalue weighted by Gasteiger charge is -2.18. The van der Waals surface area contributed by atoms with E-state index < -0.39 is 5.82 Å². The SMILES string of the molecule is COc1cc2ncnc(Nc3cccc(Cl)c3F)c2cc1OC1CN[C@H](C(=O)N(C)C)C1. The molecule has 1 saturated heterocycles. The summed E-state index contributed by atoms with van der Waals surface area (Å²) in [4.78, 5) is 22.3. The van der Waals surface area contributed by atoms with Crippen molar-refractivity contribution in [2.24, 2.45) is 0 Å². The van der Waals surface area contributed by atoms with Crippen molar-refractivity contribution in [1.29, 1.82) is 0 Å². The topological polar surface area (TPSA) is 88.6 Å². The Hall–Kier alpha value is -3.17. The molecule has 1 amide bonds. The second-order valence-electron chi connectivity index (χ2n) is 7.64. The molecule has 1 fully saturated rings. The summed E-state index contributed by atoms with van der Waals surface area (Å²) < 4.78 is 26.1. The number of carbonyl (C=O) groups is 1. The van der Waals surface area contributed by atoms with Crippen molar-refractivity contribution in [3.8, 4) is 11.5 Å². The number of likely N-dealkylation sites (N-methyl/N-ethyl adjacent to an activating group) is 1. The number of methoxy groups -OCH3 is 1. The summed E-state index contributed by atoms with van der Waals surface area (Å²) in [6.07, 6.45) is 1.69. The second-order valence-corrected chi connectivity index (χ2v) is 8.05. The number of ether oxygens (including phenoxy) is 2. The number of carbonyl (C=O) groups excluding carboxylic acids is 1. The lowest BCUT2D eigenvalue weighted by Crippen LogP contribution is -2.39. The molecule has 2 atom stereocenters. The van der Waals surface area contributed by atoms with E-state index in [0.29, 0.717) is 41.2 Å². The van der Waals surface area contributed by atoms with Gasteiger partial charge in [0.2, 0.25) is 5.91 Å². The quantitative estimate of drug-likeness (QED) is 0.584. The highest BCUT2D eigenvalue weighted by Crippen LogP contribution is 2.36. The van der Waals surface area contributed by atoms with Crippen LogP contribution in [0.25, 0.3) is 10.9 Å². The van der Waals surface area contributed by atoms with Crippen molar-refractivity contribution >= 4 is 39.9 Å². The van der Waals surface area contributed by atoms with Crippen LogP contribution in [0.3, 0.4) is 0 Å². The van der Waals surface area contributed by atoms with Gasteiger partial charge in [-0.25, -0.2) is 14.4 Å². The first-order valence-corrected chi connectivity index (χ1v) is 10.4. The van der Waals surface area contributed by atoms with E-state index >= 15 is 0 Å². The highest BCUT2D eigenvalue weighted by Gasteiger charge is 2.32. The summed E-state index contributed by atoms with van der Waals surface area (Å²) in [5.41, 5.74) is 0.792. The van der Waals surface area contributed by atoms with Crippen LogP contribution in [0.15, 0.2) is 36.7 Å². The number of rotatable bonds is 6. The molecule has 32 heavy (non-hydrogen) atoms. The number of hydrogen-bond donors (Lipinski definition) is 2. The summed E-state index contributed by atoms with van der Waals surface area (Å²) in [7, 11) is 4.99. The molecule has 0 saturated carbocycles. The summed E-state index contributed by atoms with van der Waals surface area (Å²) in [5, 5.41) is 6.80. The van der Waals surface area contributed by atoms with Crippen molar-refractivity contribution in [2.75, 3.05) is 33.1 Å². The van der Waals surface area contributed by atoms with E-state index in [1.807, 2.05) is 0 Å². The van der Waals surface area contributed by atoms with Crippen LogP contribution in [0.5, 0.6) is 11.5 Å². The third-order valence-electron chi connectivity index (χ3n) is 5.25. The minimum Gasteiger partial charge on any atom is -0.493 e. The lowest BCUT2D eigenvalue weighted by molar-refractivity contribution is -0.130. The van der Waals surface area contributed by atoms with Gasteiger partial charge in [0.05, 0.1) is 29.4 Å². The maximum absolute atomic E-state index is 14.4. The molecule has 1 aromatic heterocycles. The van der Waals surface area contributed by atoms with Crippen molar-refractivity contribution in [3.63, 3.8) is 0 Å². The molecule has 1 unspecified atom stereocenters. The Bertz CT molecular complexity index is 1160. The normalized spacial score (nSPS) is 17.9. The average Bonchev–Trinajstić information content (AvgIpc) is 3.24. The molecule has 0 spiro atoms. The zero-order valence-corrected chi connectivity index (χ0v) is 18.6. The Morgan fingerprint density at radius 1 is 1.28 bits per heavy atom. The molecule has 1 aliphatic rings. The number of amides is 1. The van der Waals surface area contributed by atoms with E-state index in [1.54, 1.807) is 50.4 Å². The van der Waals surface area contributed by atoms with Gasteiger partial charge in [-0.1, -0.05) is 17.7 Å². The predicted octanol–water partition coefficient (Wildman–Crippen LogP) is 3.37. The van der Waals surface area contributed by atoms with Gasteiger partial charge in [0, 0.05) is 38.5 Å². The number of anilines is 2. The van der Waals surface area contributed by atoms with Crippen molar-refractivity contribution in [3.05, 3.63) is 47.5 Å². The molecular formula is C22H23ClFN5O3. The van der Waals surface area contributed by atoms with Crippen LogP contribution >= 0.6 is 11.6 Å². The Labute approximate surface area is 189 Å². The first-order chi connectivity index (χ1) is 15.4. The zero-order chi connectivity index (χ0) is 22.8. The smallest absolute Gasteiger partial charge is 0.239 e. The van der Waals surface area contributed by atoms with Crippen LogP contribution in [0.1, 0.15) is 6.42 Å². The monoisotopic (exact) mass is 459 g/mol. The van der Waals surface area contributed by atoms with Gasteiger partial charge in [0.15, 0.2) is 17.3 Å². The van der Waals surface area contributed by atoms with E-state index in [-0.39, 0.29) is 28.8 Å². The molecular weight excluding hydrogens is 437 g/mol. The van der Waals surface area contributed by atoms with Gasteiger partial charge in [-0.15, -0.1) is 0 Å². The van der Waals surface area contributed by atoms with Crippen LogP contribution in [0.2, 0.25) is 5.02 Å². The molecule has 0 bridgehead atoms. The molecule has 0 radical (unpaired) electrons. The third-order valence-corrected chi connectivity index (χ3v) is 5.54. The number of halogens is 2. The highest BCUT2D eigenvalue weighted by molar-refractivity contribution is 6.31. The first-order valence-electron chi connectivity index (χ1n) is 10.0. The van der Waals surface area contributed by atoms with Gasteiger partial charge in [-0.2, -0.15) is 0 Å². The van der Waals surface area contributed by atoms with Crippen LogP contribution in [0.4, 0.5) is 15.9 Å². The van der Waals surface area contributed by atoms with Gasteiger partial charge in [0.1, 0.15) is 18.2 Å². The van der Waals surface area contributed by atoms with E-state index in [0.717, 1.165) is 0 Å². The maximum atomic E-state index is 14.4. The van der Waals surface area contributed by atoms with Gasteiger partial charge in [-0.3, -0.25) is 4.79 Å². The van der Waals surface area contributed by atoms with E-state index in [4.69, 9.17) is 21.1 Å². The summed E-state index contributed by atoms with van der Waals surface area (Å²) in [5.74, 6) is 0.811. The van der Waals surface area contributed by atoms with E-state index in [1.165, 1.54) is 12.4 Å². The lowest BCUT2D eigenvalue weighted by atomic mass is 10.1. The molecule has 8 nitrogen and oxygen atoms in total. The van der Waals surface area contributed by atoms with Crippen LogP contribution in [-0.4, -0.2) is 60.7 Å². The maximum Gasteiger partial charge on any atom is 0.239 e. The summed E-state index contributed by atoms with van der Waals surface area (Å²) in [6, 6.07) is 7.88. The van der Waals surface area contributed by atoms with Gasteiger partial charge < -0.3 is 25.0 Å². The minimum atomic E-state index is -0.570. The van der Waals surface area contributed by atoms with Crippen molar-refractivity contribution in [2.45, 2.75) is 18.6 Å². The van der Waals surface area contributed by atoms with E-state index in [2.05, 4.69) is 20.6 Å². The first kappa shape index (κ1) is 22.0. The number of benzene rings is 2. The van der Waals surface area contributed by atoms with Crippen LogP contribution < -0.4 is 20.1 Å². The Balaban J connectivity index is 1.64. The fraction of sp³-hybridized carbons (Fsp3) is 0.318. The van der Waals surface area contributed by atoms with E-state index in [9.17, 15) is 9.18 Å². The molecule has 4 rings (SSSR count). The minimum absolute atomic E-state index is 0.00464. The predicted molar refractivity (Wildman–Crippen MR) is 120 cm³/mol. The average molecular weight is 460 g/mol. The number of nitrogens with zero attached hydrogens (tertiary/aromatic N) is 3. The van der Waals surface area contributed by atoms with Crippen molar-refractivity contribution in [1.82, 2.24) is 20.2 Å². The zero-order valence-electron chi connectivity index (χ0n) is 17.9. The number of hydrogen-bond acceptors (Lipinski definition) is 7. The second kappa shape index (κ2) is 9.13. The molecule has 10 heteroatoms.